The van der Waals surface area contributed by atoms with E-state index in [1.54, 1.807) is 6.92 Å². The van der Waals surface area contributed by atoms with Gasteiger partial charge in [-0.05, 0) is 24.6 Å². The van der Waals surface area contributed by atoms with Crippen molar-refractivity contribution in [2.75, 3.05) is 5.32 Å². The molecule has 0 aliphatic rings. The molecule has 112 valence electrons. The van der Waals surface area contributed by atoms with Gasteiger partial charge in [0.15, 0.2) is 0 Å². The van der Waals surface area contributed by atoms with Crippen molar-refractivity contribution in [3.63, 3.8) is 0 Å². The Balaban J connectivity index is 1.94. The van der Waals surface area contributed by atoms with Crippen LogP contribution in [0.5, 0.6) is 0 Å². The van der Waals surface area contributed by atoms with E-state index in [0.29, 0.717) is 11.4 Å². The third-order valence-corrected chi connectivity index (χ3v) is 2.85. The number of amides is 2. The fourth-order valence-corrected chi connectivity index (χ4v) is 1.70. The van der Waals surface area contributed by atoms with Crippen molar-refractivity contribution in [3.8, 4) is 0 Å². The number of hydrogen-bond acceptors (Lipinski definition) is 4. The number of non-ortho nitro benzene ring substituents is 1. The zero-order chi connectivity index (χ0) is 15.9. The van der Waals surface area contributed by atoms with Gasteiger partial charge in [-0.3, -0.25) is 10.1 Å². The number of nitro groups is 1. The van der Waals surface area contributed by atoms with Gasteiger partial charge in [0.1, 0.15) is 0 Å². The topological polar surface area (TPSA) is 96.6 Å². The smallest absolute Gasteiger partial charge is 0.307 e. The van der Waals surface area contributed by atoms with E-state index in [9.17, 15) is 14.9 Å². The molecule has 0 unspecified atom stereocenters. The van der Waals surface area contributed by atoms with Crippen LogP contribution in [0.25, 0.3) is 0 Å². The molecule has 7 nitrogen and oxygen atoms in total. The molecule has 0 heterocycles. The number of hydrogen-bond donors (Lipinski definition) is 2. The summed E-state index contributed by atoms with van der Waals surface area (Å²) in [7, 11) is 0. The van der Waals surface area contributed by atoms with E-state index in [1.165, 1.54) is 24.3 Å². The van der Waals surface area contributed by atoms with Crippen LogP contribution in [0.4, 0.5) is 16.2 Å². The Morgan fingerprint density at radius 1 is 1.09 bits per heavy atom. The highest BCUT2D eigenvalue weighted by Crippen LogP contribution is 2.15. The Morgan fingerprint density at radius 3 is 2.32 bits per heavy atom. The van der Waals surface area contributed by atoms with E-state index in [1.807, 2.05) is 30.3 Å². The molecule has 0 aromatic heterocycles. The lowest BCUT2D eigenvalue weighted by Gasteiger charge is -2.05. The normalized spacial score (nSPS) is 10.9. The lowest BCUT2D eigenvalue weighted by Crippen LogP contribution is -2.25. The quantitative estimate of drug-likeness (QED) is 0.515. The minimum atomic E-state index is -0.524. The van der Waals surface area contributed by atoms with Crippen LogP contribution in [-0.4, -0.2) is 16.7 Å². The molecule has 0 aliphatic carbocycles. The number of carbonyl (C=O) groups is 1. The van der Waals surface area contributed by atoms with Gasteiger partial charge < -0.3 is 5.32 Å². The monoisotopic (exact) mass is 298 g/mol. The molecule has 0 radical (unpaired) electrons. The Kier molecular flexibility index (Phi) is 4.81. The van der Waals surface area contributed by atoms with Crippen LogP contribution in [0.3, 0.4) is 0 Å². The van der Waals surface area contributed by atoms with Gasteiger partial charge in [0, 0.05) is 17.8 Å². The number of nitrogens with one attached hydrogen (secondary N) is 2. The van der Waals surface area contributed by atoms with E-state index < -0.39 is 11.0 Å². The Hall–Kier alpha value is -3.22. The highest BCUT2D eigenvalue weighted by Gasteiger charge is 2.06. The molecule has 0 saturated carbocycles. The molecular formula is C15H14N4O3. The predicted molar refractivity (Wildman–Crippen MR) is 83.9 cm³/mol. The standard InChI is InChI=1S/C15H14N4O3/c1-11(12-5-3-2-4-6-12)17-18-15(20)16-13-7-9-14(10-8-13)19(21)22/h2-10H,1H3,(H2,16,18,20)/b17-11+. The van der Waals surface area contributed by atoms with Crippen molar-refractivity contribution >= 4 is 23.1 Å². The van der Waals surface area contributed by atoms with Crippen molar-refractivity contribution in [1.82, 2.24) is 5.43 Å². The van der Waals surface area contributed by atoms with E-state index in [0.717, 1.165) is 5.56 Å². The van der Waals surface area contributed by atoms with Gasteiger partial charge >= 0.3 is 6.03 Å². The average molecular weight is 298 g/mol. The first kappa shape index (κ1) is 15.2. The number of anilines is 1. The predicted octanol–water partition coefficient (Wildman–Crippen LogP) is 3.14. The SMILES string of the molecule is C/C(=N\NC(=O)Nc1ccc([N+](=O)[O-])cc1)c1ccccc1. The van der Waals surface area contributed by atoms with E-state index >= 15 is 0 Å². The lowest BCUT2D eigenvalue weighted by molar-refractivity contribution is -0.384. The molecule has 2 aromatic carbocycles. The largest absolute Gasteiger partial charge is 0.339 e. The highest BCUT2D eigenvalue weighted by molar-refractivity contribution is 5.99. The minimum absolute atomic E-state index is 0.0381. The maximum absolute atomic E-state index is 11.7. The second-order valence-electron chi connectivity index (χ2n) is 4.43. The number of benzene rings is 2. The summed E-state index contributed by atoms with van der Waals surface area (Å²) in [6, 6.07) is 14.4. The molecule has 2 rings (SSSR count). The molecule has 0 bridgehead atoms. The van der Waals surface area contributed by atoms with E-state index in [4.69, 9.17) is 0 Å². The average Bonchev–Trinajstić information content (AvgIpc) is 2.54. The summed E-state index contributed by atoms with van der Waals surface area (Å²) in [5, 5.41) is 17.1. The van der Waals surface area contributed by atoms with Crippen molar-refractivity contribution < 1.29 is 9.72 Å². The number of carbonyl (C=O) groups excluding carboxylic acids is 1. The van der Waals surface area contributed by atoms with Gasteiger partial charge in [0.2, 0.25) is 0 Å². The summed E-state index contributed by atoms with van der Waals surface area (Å²) < 4.78 is 0. The van der Waals surface area contributed by atoms with Crippen LogP contribution in [0, 0.1) is 10.1 Å². The highest BCUT2D eigenvalue weighted by atomic mass is 16.6. The third kappa shape index (κ3) is 4.14. The fourth-order valence-electron chi connectivity index (χ4n) is 1.70. The summed E-state index contributed by atoms with van der Waals surface area (Å²) in [6.07, 6.45) is 0. The van der Waals surface area contributed by atoms with Crippen LogP contribution in [0.2, 0.25) is 0 Å². The summed E-state index contributed by atoms with van der Waals surface area (Å²) in [4.78, 5) is 21.7. The van der Waals surface area contributed by atoms with Gasteiger partial charge in [0.05, 0.1) is 10.6 Å². The Morgan fingerprint density at radius 2 is 1.73 bits per heavy atom. The summed E-state index contributed by atoms with van der Waals surface area (Å²) in [5.41, 5.74) is 4.34. The number of urea groups is 1. The van der Waals surface area contributed by atoms with Crippen LogP contribution < -0.4 is 10.7 Å². The van der Waals surface area contributed by atoms with Crippen LogP contribution in [0.15, 0.2) is 59.7 Å². The summed E-state index contributed by atoms with van der Waals surface area (Å²) >= 11 is 0. The van der Waals surface area contributed by atoms with Gasteiger partial charge in [-0.15, -0.1) is 0 Å². The van der Waals surface area contributed by atoms with Crippen LogP contribution in [0.1, 0.15) is 12.5 Å². The second kappa shape index (κ2) is 6.98. The molecule has 2 N–H and O–H groups in total. The van der Waals surface area contributed by atoms with E-state index in [2.05, 4.69) is 15.8 Å². The summed E-state index contributed by atoms with van der Waals surface area (Å²) in [6.45, 7) is 1.78. The molecule has 0 aliphatic heterocycles. The molecule has 2 aromatic rings. The maximum atomic E-state index is 11.7. The molecule has 0 atom stereocenters. The van der Waals surface area contributed by atoms with Gasteiger partial charge in [-0.25, -0.2) is 10.2 Å². The lowest BCUT2D eigenvalue weighted by atomic mass is 10.1. The molecule has 0 spiro atoms. The van der Waals surface area contributed by atoms with Crippen LogP contribution in [-0.2, 0) is 0 Å². The first-order chi connectivity index (χ1) is 10.6. The molecule has 22 heavy (non-hydrogen) atoms. The third-order valence-electron chi connectivity index (χ3n) is 2.85. The second-order valence-corrected chi connectivity index (χ2v) is 4.43. The Bertz CT molecular complexity index is 696. The van der Waals surface area contributed by atoms with Gasteiger partial charge in [-0.1, -0.05) is 30.3 Å². The summed E-state index contributed by atoms with van der Waals surface area (Å²) in [5.74, 6) is 0. The molecule has 0 fully saturated rings. The number of nitrogens with zero attached hydrogens (tertiary/aromatic N) is 2. The van der Waals surface area contributed by atoms with Gasteiger partial charge in [-0.2, -0.15) is 5.10 Å². The van der Waals surface area contributed by atoms with E-state index in [-0.39, 0.29) is 5.69 Å². The maximum Gasteiger partial charge on any atom is 0.339 e. The number of nitro benzene ring substituents is 1. The Labute approximate surface area is 126 Å². The van der Waals surface area contributed by atoms with Crippen molar-refractivity contribution in [2.24, 2.45) is 5.10 Å². The number of rotatable bonds is 4. The fraction of sp³-hybridized carbons (Fsp3) is 0.0667. The van der Waals surface area contributed by atoms with Crippen LogP contribution >= 0.6 is 0 Å². The first-order valence-corrected chi connectivity index (χ1v) is 6.47. The van der Waals surface area contributed by atoms with Crippen molar-refractivity contribution in [1.29, 1.82) is 0 Å². The number of hydrazone groups is 1. The molecule has 0 saturated heterocycles. The first-order valence-electron chi connectivity index (χ1n) is 6.47. The zero-order valence-corrected chi connectivity index (χ0v) is 11.8. The zero-order valence-electron chi connectivity index (χ0n) is 11.8. The van der Waals surface area contributed by atoms with Crippen molar-refractivity contribution in [3.05, 3.63) is 70.3 Å². The molecular weight excluding hydrogens is 284 g/mol. The molecule has 7 heteroatoms. The van der Waals surface area contributed by atoms with Gasteiger partial charge in [0.25, 0.3) is 5.69 Å². The molecule has 2 amide bonds. The van der Waals surface area contributed by atoms with Crippen molar-refractivity contribution in [2.45, 2.75) is 6.92 Å². The minimum Gasteiger partial charge on any atom is -0.307 e.